The van der Waals surface area contributed by atoms with Gasteiger partial charge < -0.3 is 0 Å². The average molecular weight is 822 g/mol. The number of urea groups is 1. The SMILES string of the molecule is CC1=C2N(c3ccc4c(c3)sc3ccccc34)C(=O)N(c3ccc4c(c3)sc3ccccc34)C3=C(C)B(c4c(C)cccc4C)c4cccc(c4N23)B1c1c(C)cccc1C. The summed E-state index contributed by atoms with van der Waals surface area (Å²) >= 11 is 3.58. The lowest BCUT2D eigenvalue weighted by atomic mass is 9.29. The number of carbonyl (C=O) groups excluding carboxylic acids is 1. The standard InChI is InChI=1S/C53H41B2N3OS2/c1-30-14-11-15-31(2)48(30)54-34(5)51-56(36-24-26-40-38-18-7-9-22-44(38)60-46(40)28-36)53(59)57(37-25-27-41-39-19-8-10-23-45(39)61-47(41)29-37)52-35(6)55(49-32(3)16-12-17-33(49)4)43-21-13-20-42(54)50(43)58(51)52/h7-29H,1-6H3. The Morgan fingerprint density at radius 1 is 0.410 bits per heavy atom. The summed E-state index contributed by atoms with van der Waals surface area (Å²) in [5.41, 5.74) is 15.4. The molecule has 0 N–H and O–H groups in total. The van der Waals surface area contributed by atoms with Gasteiger partial charge in [-0.1, -0.05) is 147 Å². The van der Waals surface area contributed by atoms with Crippen LogP contribution < -0.4 is 36.6 Å². The number of fused-ring (bicyclic) bond motifs is 6. The summed E-state index contributed by atoms with van der Waals surface area (Å²) in [7, 11) is 0. The van der Waals surface area contributed by atoms with Gasteiger partial charge in [-0.2, -0.15) is 0 Å². The van der Waals surface area contributed by atoms with Crippen LogP contribution >= 0.6 is 22.7 Å². The fraction of sp³-hybridized carbons (Fsp3) is 0.113. The summed E-state index contributed by atoms with van der Waals surface area (Å²) in [5.74, 6) is 1.85. The smallest absolute Gasteiger partial charge is 0.283 e. The maximum Gasteiger partial charge on any atom is 0.340 e. The first-order valence-electron chi connectivity index (χ1n) is 21.1. The molecule has 292 valence electrons. The van der Waals surface area contributed by atoms with Crippen LogP contribution in [0.15, 0.2) is 162 Å². The molecule has 7 aromatic carbocycles. The molecule has 0 spiro atoms. The number of hydrogen-bond donors (Lipinski definition) is 0. The molecule has 1 saturated heterocycles. The number of anilines is 3. The number of aryl methyl sites for hydroxylation is 4. The maximum absolute atomic E-state index is 16.3. The van der Waals surface area contributed by atoms with Crippen LogP contribution in [0.3, 0.4) is 0 Å². The summed E-state index contributed by atoms with van der Waals surface area (Å²) in [6.07, 6.45) is 0. The predicted molar refractivity (Wildman–Crippen MR) is 265 cm³/mol. The van der Waals surface area contributed by atoms with E-state index in [-0.39, 0.29) is 19.5 Å². The Morgan fingerprint density at radius 2 is 0.803 bits per heavy atom. The zero-order valence-corrected chi connectivity index (χ0v) is 36.6. The third kappa shape index (κ3) is 5.09. The van der Waals surface area contributed by atoms with Crippen molar-refractivity contribution in [2.24, 2.45) is 0 Å². The Kier molecular flexibility index (Phi) is 7.98. The highest BCUT2D eigenvalue weighted by Crippen LogP contribution is 2.48. The molecule has 0 atom stereocenters. The average Bonchev–Trinajstić information content (AvgIpc) is 3.82. The van der Waals surface area contributed by atoms with Crippen molar-refractivity contribution in [3.63, 3.8) is 0 Å². The van der Waals surface area contributed by atoms with E-state index in [4.69, 9.17) is 0 Å². The third-order valence-electron chi connectivity index (χ3n) is 13.6. The topological polar surface area (TPSA) is 26.8 Å². The molecule has 5 heterocycles. The van der Waals surface area contributed by atoms with E-state index >= 15 is 4.79 Å². The van der Waals surface area contributed by atoms with Crippen LogP contribution in [0.4, 0.5) is 21.9 Å². The van der Waals surface area contributed by atoms with Gasteiger partial charge in [-0.05, 0) is 88.9 Å². The quantitative estimate of drug-likeness (QED) is 0.165. The summed E-state index contributed by atoms with van der Waals surface area (Å²) in [5, 5.41) is 4.91. The van der Waals surface area contributed by atoms with Crippen molar-refractivity contribution in [1.29, 1.82) is 0 Å². The van der Waals surface area contributed by atoms with Crippen molar-refractivity contribution in [3.8, 4) is 0 Å². The van der Waals surface area contributed by atoms with E-state index in [1.165, 1.54) is 80.7 Å². The van der Waals surface area contributed by atoms with Crippen LogP contribution in [-0.2, 0) is 0 Å². The highest BCUT2D eigenvalue weighted by molar-refractivity contribution is 7.26. The summed E-state index contributed by atoms with van der Waals surface area (Å²) in [6.45, 7) is 13.4. The normalized spacial score (nSPS) is 15.1. The first-order valence-corrected chi connectivity index (χ1v) is 22.8. The molecule has 4 nitrogen and oxygen atoms in total. The monoisotopic (exact) mass is 821 g/mol. The number of amides is 2. The van der Waals surface area contributed by atoms with Crippen molar-refractivity contribution in [3.05, 3.63) is 184 Å². The number of para-hydroxylation sites is 1. The Hall–Kier alpha value is -6.34. The van der Waals surface area contributed by atoms with Gasteiger partial charge in [-0.25, -0.2) is 14.6 Å². The van der Waals surface area contributed by atoms with Gasteiger partial charge in [-0.3, -0.25) is 4.90 Å². The van der Waals surface area contributed by atoms with E-state index in [0.717, 1.165) is 43.4 Å². The fourth-order valence-electron chi connectivity index (χ4n) is 11.0. The molecular weight excluding hydrogens is 780 g/mol. The van der Waals surface area contributed by atoms with Gasteiger partial charge in [0.1, 0.15) is 11.6 Å². The van der Waals surface area contributed by atoms with Crippen molar-refractivity contribution in [2.75, 3.05) is 14.7 Å². The first-order chi connectivity index (χ1) is 29.7. The number of thiophene rings is 2. The zero-order chi connectivity index (χ0) is 41.4. The van der Waals surface area contributed by atoms with E-state index in [1.807, 2.05) is 9.80 Å². The third-order valence-corrected chi connectivity index (χ3v) is 15.9. The fourth-order valence-corrected chi connectivity index (χ4v) is 13.3. The summed E-state index contributed by atoms with van der Waals surface area (Å²) in [4.78, 5) is 22.8. The molecular formula is C53H41B2N3OS2. The van der Waals surface area contributed by atoms with E-state index in [1.54, 1.807) is 22.7 Å². The minimum Gasteiger partial charge on any atom is -0.283 e. The van der Waals surface area contributed by atoms with E-state index in [9.17, 15) is 0 Å². The molecule has 8 heteroatoms. The van der Waals surface area contributed by atoms with Crippen LogP contribution in [-0.4, -0.2) is 19.5 Å². The van der Waals surface area contributed by atoms with Crippen LogP contribution in [0.25, 0.3) is 40.3 Å². The Morgan fingerprint density at radius 3 is 1.25 bits per heavy atom. The molecule has 3 aliphatic rings. The zero-order valence-electron chi connectivity index (χ0n) is 35.0. The number of benzene rings is 7. The molecule has 0 radical (unpaired) electrons. The first kappa shape index (κ1) is 36.5. The van der Waals surface area contributed by atoms with Gasteiger partial charge in [0.2, 0.25) is 13.4 Å². The molecule has 0 saturated carbocycles. The van der Waals surface area contributed by atoms with Gasteiger partial charge in [-0.15, -0.1) is 22.7 Å². The Bertz CT molecular complexity index is 3210. The molecule has 0 unspecified atom stereocenters. The number of allylic oxidation sites excluding steroid dienone is 2. The van der Waals surface area contributed by atoms with Crippen LogP contribution in [0.5, 0.6) is 0 Å². The second kappa shape index (κ2) is 13.3. The van der Waals surface area contributed by atoms with Crippen LogP contribution in [0.1, 0.15) is 36.1 Å². The van der Waals surface area contributed by atoms with Crippen molar-refractivity contribution in [2.45, 2.75) is 41.5 Å². The Balaban J connectivity index is 1.20. The van der Waals surface area contributed by atoms with Crippen LogP contribution in [0, 0.1) is 27.7 Å². The predicted octanol–water partition coefficient (Wildman–Crippen LogP) is 11.4. The highest BCUT2D eigenvalue weighted by atomic mass is 32.1. The van der Waals surface area contributed by atoms with E-state index in [2.05, 4.69) is 186 Å². The number of carbonyl (C=O) groups is 1. The Labute approximate surface area is 364 Å². The molecule has 0 aliphatic carbocycles. The molecule has 12 rings (SSSR count). The lowest BCUT2D eigenvalue weighted by Gasteiger charge is -2.54. The lowest BCUT2D eigenvalue weighted by Crippen LogP contribution is -2.67. The van der Waals surface area contributed by atoms with Gasteiger partial charge in [0, 0.05) is 46.0 Å². The van der Waals surface area contributed by atoms with E-state index < -0.39 is 0 Å². The van der Waals surface area contributed by atoms with Gasteiger partial charge in [0.25, 0.3) is 0 Å². The molecule has 1 fully saturated rings. The molecule has 2 aromatic heterocycles. The van der Waals surface area contributed by atoms with Crippen molar-refractivity contribution in [1.82, 2.24) is 0 Å². The molecule has 2 amide bonds. The van der Waals surface area contributed by atoms with Crippen molar-refractivity contribution >= 4 is 121 Å². The molecule has 3 aliphatic heterocycles. The largest absolute Gasteiger partial charge is 0.340 e. The number of rotatable bonds is 4. The van der Waals surface area contributed by atoms with Gasteiger partial charge in [0.15, 0.2) is 0 Å². The molecule has 61 heavy (non-hydrogen) atoms. The number of nitrogens with zero attached hydrogens (tertiary/aromatic N) is 3. The molecule has 9 aromatic rings. The van der Waals surface area contributed by atoms with Gasteiger partial charge in [0.05, 0.1) is 11.4 Å². The second-order valence-electron chi connectivity index (χ2n) is 17.1. The maximum atomic E-state index is 16.3. The minimum absolute atomic E-state index is 0.0644. The summed E-state index contributed by atoms with van der Waals surface area (Å²) in [6, 6.07) is 50.6. The van der Waals surface area contributed by atoms with Crippen molar-refractivity contribution < 1.29 is 4.79 Å². The lowest BCUT2D eigenvalue weighted by molar-refractivity contribution is 0.252. The van der Waals surface area contributed by atoms with Crippen LogP contribution in [0.2, 0.25) is 0 Å². The second-order valence-corrected chi connectivity index (χ2v) is 19.3. The van der Waals surface area contributed by atoms with E-state index in [0.29, 0.717) is 0 Å². The highest BCUT2D eigenvalue weighted by Gasteiger charge is 2.52. The molecule has 0 bridgehead atoms. The number of hydrogen-bond acceptors (Lipinski definition) is 4. The summed E-state index contributed by atoms with van der Waals surface area (Å²) < 4.78 is 4.82. The van der Waals surface area contributed by atoms with Gasteiger partial charge >= 0.3 is 6.03 Å². The minimum atomic E-state index is -0.0794.